The van der Waals surface area contributed by atoms with Gasteiger partial charge in [0.1, 0.15) is 0 Å². The van der Waals surface area contributed by atoms with E-state index in [-0.39, 0.29) is 0 Å². The van der Waals surface area contributed by atoms with Crippen LogP contribution in [0.15, 0.2) is 133 Å². The van der Waals surface area contributed by atoms with E-state index < -0.39 is 0 Å². The van der Waals surface area contributed by atoms with Gasteiger partial charge in [-0.1, -0.05) is 144 Å². The zero-order valence-corrected chi connectivity index (χ0v) is 22.7. The summed E-state index contributed by atoms with van der Waals surface area (Å²) in [7, 11) is 0. The Kier molecular flexibility index (Phi) is 7.01. The van der Waals surface area contributed by atoms with Crippen molar-refractivity contribution < 1.29 is 0 Å². The van der Waals surface area contributed by atoms with Crippen molar-refractivity contribution in [3.8, 4) is 45.9 Å². The van der Waals surface area contributed by atoms with Gasteiger partial charge in [0.2, 0.25) is 0 Å². The van der Waals surface area contributed by atoms with E-state index in [0.29, 0.717) is 0 Å². The molecule has 0 bridgehead atoms. The first-order chi connectivity index (χ1) is 19.7. The molecule has 0 amide bonds. The Balaban J connectivity index is 1.77. The van der Waals surface area contributed by atoms with Crippen molar-refractivity contribution in [1.82, 2.24) is 0 Å². The Morgan fingerprint density at radius 2 is 0.700 bits per heavy atom. The Morgan fingerprint density at radius 3 is 1.07 bits per heavy atom. The molecule has 0 aromatic heterocycles. The highest BCUT2D eigenvalue weighted by atomic mass is 14.2. The molecule has 0 radical (unpaired) electrons. The topological polar surface area (TPSA) is 0 Å². The lowest BCUT2D eigenvalue weighted by Gasteiger charge is -2.19. The van der Waals surface area contributed by atoms with E-state index in [1.54, 1.807) is 0 Å². The van der Waals surface area contributed by atoms with Gasteiger partial charge in [-0.05, 0) is 60.0 Å². The second kappa shape index (κ2) is 11.2. The molecule has 0 atom stereocenters. The van der Waals surface area contributed by atoms with Gasteiger partial charge in [0.05, 0.1) is 0 Å². The average molecular weight is 509 g/mol. The Hall–Kier alpha value is -5.30. The summed E-state index contributed by atoms with van der Waals surface area (Å²) in [5, 5.41) is 2.21. The van der Waals surface area contributed by atoms with Crippen molar-refractivity contribution in [1.29, 1.82) is 0 Å². The third-order valence-electron chi connectivity index (χ3n) is 7.11. The Bertz CT molecular complexity index is 1770. The molecule has 188 valence electrons. The summed E-state index contributed by atoms with van der Waals surface area (Å²) in [4.78, 5) is 0. The summed E-state index contributed by atoms with van der Waals surface area (Å²) in [5.41, 5.74) is 11.0. The fourth-order valence-electron chi connectivity index (χ4n) is 5.03. The number of hydrogen-bond acceptors (Lipinski definition) is 0. The molecule has 0 aliphatic heterocycles. The van der Waals surface area contributed by atoms with Crippen LogP contribution in [0.25, 0.3) is 33.0 Å². The maximum Gasteiger partial charge on any atom is 0.0413 e. The highest BCUT2D eigenvalue weighted by molar-refractivity contribution is 6.07. The van der Waals surface area contributed by atoms with E-state index in [2.05, 4.69) is 135 Å². The molecule has 0 saturated carbocycles. The van der Waals surface area contributed by atoms with Gasteiger partial charge >= 0.3 is 0 Å². The fourth-order valence-corrected chi connectivity index (χ4v) is 5.03. The molecular weight excluding hydrogens is 480 g/mol. The Labute approximate surface area is 237 Å². The fraction of sp³-hybridized carbons (Fsp3) is 0.0500. The van der Waals surface area contributed by atoms with Gasteiger partial charge in [-0.2, -0.15) is 0 Å². The van der Waals surface area contributed by atoms with Gasteiger partial charge in [0.25, 0.3) is 0 Å². The molecule has 6 aromatic rings. The molecule has 0 heterocycles. The molecule has 6 rings (SSSR count). The van der Waals surface area contributed by atoms with Crippen LogP contribution in [0.3, 0.4) is 0 Å². The third kappa shape index (κ3) is 5.17. The van der Waals surface area contributed by atoms with E-state index in [1.165, 1.54) is 11.1 Å². The maximum atomic E-state index is 3.61. The molecule has 0 saturated heterocycles. The second-order valence-corrected chi connectivity index (χ2v) is 10.0. The van der Waals surface area contributed by atoms with Crippen LogP contribution >= 0.6 is 0 Å². The minimum absolute atomic E-state index is 0.992. The zero-order valence-electron chi connectivity index (χ0n) is 22.7. The lowest BCUT2D eigenvalue weighted by Crippen LogP contribution is -1.98. The molecule has 6 aromatic carbocycles. The van der Waals surface area contributed by atoms with Gasteiger partial charge in [0, 0.05) is 33.4 Å². The van der Waals surface area contributed by atoms with Crippen molar-refractivity contribution >= 4 is 10.8 Å². The van der Waals surface area contributed by atoms with E-state index in [0.717, 1.165) is 55.3 Å². The molecular formula is C40H28. The van der Waals surface area contributed by atoms with Crippen LogP contribution < -0.4 is 0 Å². The number of fused-ring (bicyclic) bond motifs is 1. The van der Waals surface area contributed by atoms with Crippen LogP contribution in [-0.4, -0.2) is 0 Å². The Morgan fingerprint density at radius 1 is 0.350 bits per heavy atom. The van der Waals surface area contributed by atoms with E-state index in [9.17, 15) is 0 Å². The number of aryl methyl sites for hydroxylation is 2. The van der Waals surface area contributed by atoms with E-state index >= 15 is 0 Å². The van der Waals surface area contributed by atoms with Crippen molar-refractivity contribution in [2.45, 2.75) is 13.8 Å². The van der Waals surface area contributed by atoms with Crippen LogP contribution in [-0.2, 0) is 0 Å². The summed E-state index contributed by atoms with van der Waals surface area (Å²) >= 11 is 0. The lowest BCUT2D eigenvalue weighted by atomic mass is 9.82. The number of rotatable bonds is 2. The molecule has 0 aliphatic rings. The predicted octanol–water partition coefficient (Wildman–Crippen LogP) is 9.59. The minimum Gasteiger partial charge on any atom is -0.0622 e. The lowest BCUT2D eigenvalue weighted by molar-refractivity contribution is 1.45. The first-order valence-electron chi connectivity index (χ1n) is 13.5. The smallest absolute Gasteiger partial charge is 0.0413 e. The monoisotopic (exact) mass is 508 g/mol. The molecule has 0 unspecified atom stereocenters. The van der Waals surface area contributed by atoms with Crippen LogP contribution in [0.5, 0.6) is 0 Å². The maximum absolute atomic E-state index is 3.61. The zero-order chi connectivity index (χ0) is 27.3. The van der Waals surface area contributed by atoms with Crippen LogP contribution in [0.4, 0.5) is 0 Å². The van der Waals surface area contributed by atoms with Gasteiger partial charge in [-0.25, -0.2) is 0 Å². The third-order valence-corrected chi connectivity index (χ3v) is 7.11. The van der Waals surface area contributed by atoms with Crippen LogP contribution in [0.2, 0.25) is 0 Å². The molecule has 0 heteroatoms. The number of hydrogen-bond donors (Lipinski definition) is 0. The predicted molar refractivity (Wildman–Crippen MR) is 169 cm³/mol. The SMILES string of the molecule is Cc1ccc(-c2c(-c3ccc(C)cc3)c(C#Cc3ccccc3)c3ccccc3c2C#Cc2ccccc2)cc1. The summed E-state index contributed by atoms with van der Waals surface area (Å²) < 4.78 is 0. The quantitative estimate of drug-likeness (QED) is 0.204. The summed E-state index contributed by atoms with van der Waals surface area (Å²) in [6, 6.07) is 46.5. The van der Waals surface area contributed by atoms with Crippen molar-refractivity contribution in [3.63, 3.8) is 0 Å². The highest BCUT2D eigenvalue weighted by Crippen LogP contribution is 2.42. The average Bonchev–Trinajstić information content (AvgIpc) is 3.00. The van der Waals surface area contributed by atoms with Gasteiger partial charge < -0.3 is 0 Å². The van der Waals surface area contributed by atoms with E-state index in [1.807, 2.05) is 36.4 Å². The molecule has 0 nitrogen and oxygen atoms in total. The normalized spacial score (nSPS) is 10.3. The standard InChI is InChI=1S/C40H28/c1-29-17-23-33(24-18-29)39-37(27-21-31-11-5-3-6-12-31)35-15-9-10-16-36(35)38(28-22-32-13-7-4-8-14-32)40(39)34-25-19-30(2)20-26-34/h3-20,23-26H,1-2H3. The van der Waals surface area contributed by atoms with Crippen LogP contribution in [0.1, 0.15) is 33.4 Å². The molecule has 0 spiro atoms. The van der Waals surface area contributed by atoms with Crippen LogP contribution in [0, 0.1) is 37.5 Å². The largest absolute Gasteiger partial charge is 0.0622 e. The van der Waals surface area contributed by atoms with Gasteiger partial charge in [0.15, 0.2) is 0 Å². The highest BCUT2D eigenvalue weighted by Gasteiger charge is 2.20. The first kappa shape index (κ1) is 25.0. The second-order valence-electron chi connectivity index (χ2n) is 10.0. The van der Waals surface area contributed by atoms with Crippen molar-refractivity contribution in [2.75, 3.05) is 0 Å². The summed E-state index contributed by atoms with van der Waals surface area (Å²) in [6.45, 7) is 4.25. The first-order valence-corrected chi connectivity index (χ1v) is 13.5. The molecule has 0 aliphatic carbocycles. The van der Waals surface area contributed by atoms with E-state index in [4.69, 9.17) is 0 Å². The number of benzene rings is 6. The molecule has 0 N–H and O–H groups in total. The molecule has 40 heavy (non-hydrogen) atoms. The van der Waals surface area contributed by atoms with Gasteiger partial charge in [-0.15, -0.1) is 0 Å². The van der Waals surface area contributed by atoms with Crippen molar-refractivity contribution in [3.05, 3.63) is 167 Å². The molecule has 0 fully saturated rings. The van der Waals surface area contributed by atoms with Gasteiger partial charge in [-0.3, -0.25) is 0 Å². The minimum atomic E-state index is 0.992. The summed E-state index contributed by atoms with van der Waals surface area (Å²) in [5.74, 6) is 14.1. The summed E-state index contributed by atoms with van der Waals surface area (Å²) in [6.07, 6.45) is 0. The van der Waals surface area contributed by atoms with Crippen molar-refractivity contribution in [2.24, 2.45) is 0 Å².